The van der Waals surface area contributed by atoms with Crippen LogP contribution in [0.5, 0.6) is 0 Å². The second-order valence-corrected chi connectivity index (χ2v) is 3.86. The van der Waals surface area contributed by atoms with Crippen molar-refractivity contribution in [2.45, 2.75) is 33.6 Å². The first-order valence-corrected chi connectivity index (χ1v) is 5.26. The average Bonchev–Trinajstić information content (AvgIpc) is 2.15. The third-order valence-electron chi connectivity index (χ3n) is 2.38. The Morgan fingerprint density at radius 3 is 2.64 bits per heavy atom. The molecule has 0 N–H and O–H groups in total. The normalized spacial score (nSPS) is 11.5. The quantitative estimate of drug-likeness (QED) is 0.645. The third kappa shape index (κ3) is 2.44. The zero-order valence-electron chi connectivity index (χ0n) is 9.54. The maximum atomic E-state index is 4.32. The maximum Gasteiger partial charge on any atom is 0.0361 e. The molecule has 0 aliphatic carbocycles. The smallest absolute Gasteiger partial charge is 0.0361 e. The molecule has 1 nitrogen and oxygen atoms in total. The topological polar surface area (TPSA) is 12.4 Å². The second kappa shape index (κ2) is 4.94. The van der Waals surface area contributed by atoms with Crippen molar-refractivity contribution in [2.24, 2.45) is 4.99 Å². The molecule has 0 atom stereocenters. The third-order valence-corrected chi connectivity index (χ3v) is 2.38. The van der Waals surface area contributed by atoms with Gasteiger partial charge in [0, 0.05) is 12.8 Å². The Kier molecular flexibility index (Phi) is 3.87. The summed E-state index contributed by atoms with van der Waals surface area (Å²) < 4.78 is 0. The largest absolute Gasteiger partial charge is 0.293 e. The second-order valence-electron chi connectivity index (χ2n) is 3.86. The van der Waals surface area contributed by atoms with E-state index in [1.807, 2.05) is 6.21 Å². The van der Waals surface area contributed by atoms with Crippen molar-refractivity contribution in [2.75, 3.05) is 6.54 Å². The predicted molar refractivity (Wildman–Crippen MR) is 63.4 cm³/mol. The summed E-state index contributed by atoms with van der Waals surface area (Å²) >= 11 is 0. The van der Waals surface area contributed by atoms with Crippen LogP contribution in [-0.4, -0.2) is 12.8 Å². The highest BCUT2D eigenvalue weighted by molar-refractivity contribution is 5.84. The molecule has 1 aromatic carbocycles. The van der Waals surface area contributed by atoms with Gasteiger partial charge in [-0.05, 0) is 36.5 Å². The number of aliphatic imine (C=N–C) groups is 1. The van der Waals surface area contributed by atoms with Gasteiger partial charge in [-0.1, -0.05) is 32.0 Å². The molecule has 0 unspecified atom stereocenters. The van der Waals surface area contributed by atoms with Crippen LogP contribution in [0.25, 0.3) is 0 Å². The Morgan fingerprint density at radius 2 is 2.07 bits per heavy atom. The molecule has 1 rings (SSSR count). The van der Waals surface area contributed by atoms with E-state index in [0.717, 1.165) is 6.54 Å². The Labute approximate surface area is 86.9 Å². The fourth-order valence-electron chi connectivity index (χ4n) is 1.57. The summed E-state index contributed by atoms with van der Waals surface area (Å²) in [5.74, 6) is 0.563. The summed E-state index contributed by atoms with van der Waals surface area (Å²) in [5, 5.41) is 0. The molecule has 1 aromatic rings. The van der Waals surface area contributed by atoms with Gasteiger partial charge in [-0.25, -0.2) is 0 Å². The zero-order chi connectivity index (χ0) is 10.6. The minimum Gasteiger partial charge on any atom is -0.293 e. The summed E-state index contributed by atoms with van der Waals surface area (Å²) in [6.45, 7) is 9.49. The van der Waals surface area contributed by atoms with E-state index in [9.17, 15) is 0 Å². The van der Waals surface area contributed by atoms with Gasteiger partial charge in [-0.2, -0.15) is 0 Å². The molecule has 0 bridgehead atoms. The Balaban J connectivity index is 3.15. The number of hydrogen-bond acceptors (Lipinski definition) is 1. The molecule has 0 fully saturated rings. The minimum absolute atomic E-state index is 0.563. The maximum absolute atomic E-state index is 4.32. The molecule has 14 heavy (non-hydrogen) atoms. The van der Waals surface area contributed by atoms with E-state index in [2.05, 4.69) is 50.9 Å². The van der Waals surface area contributed by atoms with Crippen LogP contribution in [0, 0.1) is 6.92 Å². The fraction of sp³-hybridized carbons (Fsp3) is 0.462. The lowest BCUT2D eigenvalue weighted by Crippen LogP contribution is -1.98. The lowest BCUT2D eigenvalue weighted by atomic mass is 9.94. The zero-order valence-corrected chi connectivity index (χ0v) is 9.54. The van der Waals surface area contributed by atoms with Crippen molar-refractivity contribution in [3.05, 3.63) is 34.9 Å². The van der Waals surface area contributed by atoms with Crippen molar-refractivity contribution in [1.82, 2.24) is 0 Å². The summed E-state index contributed by atoms with van der Waals surface area (Å²) in [6.07, 6.45) is 2.00. The van der Waals surface area contributed by atoms with Gasteiger partial charge >= 0.3 is 0 Å². The van der Waals surface area contributed by atoms with Crippen LogP contribution in [0.2, 0.25) is 0 Å². The molecule has 0 aliphatic heterocycles. The molecule has 1 heteroatoms. The highest BCUT2D eigenvalue weighted by Gasteiger charge is 2.06. The fourth-order valence-corrected chi connectivity index (χ4v) is 1.57. The molecule has 0 aliphatic rings. The molecular formula is C13H19N. The van der Waals surface area contributed by atoms with Crippen molar-refractivity contribution >= 4 is 6.21 Å². The van der Waals surface area contributed by atoms with E-state index in [4.69, 9.17) is 0 Å². The monoisotopic (exact) mass is 189 g/mol. The van der Waals surface area contributed by atoms with Crippen LogP contribution in [0.3, 0.4) is 0 Å². The highest BCUT2D eigenvalue weighted by atomic mass is 14.7. The standard InChI is InChI=1S/C13H19N/c1-5-14-9-13-11(4)7-6-8-12(13)10(2)3/h6-10H,5H2,1-4H3. The van der Waals surface area contributed by atoms with Gasteiger partial charge in [-0.3, -0.25) is 4.99 Å². The SMILES string of the molecule is CCN=Cc1c(C)cccc1C(C)C. The van der Waals surface area contributed by atoms with Gasteiger partial charge in [0.2, 0.25) is 0 Å². The van der Waals surface area contributed by atoms with Gasteiger partial charge in [0.15, 0.2) is 0 Å². The first kappa shape index (κ1) is 11.0. The summed E-state index contributed by atoms with van der Waals surface area (Å²) in [7, 11) is 0. The van der Waals surface area contributed by atoms with Crippen molar-refractivity contribution in [3.63, 3.8) is 0 Å². The van der Waals surface area contributed by atoms with E-state index in [0.29, 0.717) is 5.92 Å². The molecule has 0 aromatic heterocycles. The number of rotatable bonds is 3. The lowest BCUT2D eigenvalue weighted by molar-refractivity contribution is 0.862. The molecule has 0 spiro atoms. The van der Waals surface area contributed by atoms with Crippen LogP contribution < -0.4 is 0 Å². The van der Waals surface area contributed by atoms with E-state index in [-0.39, 0.29) is 0 Å². The Bertz CT molecular complexity index is 324. The highest BCUT2D eigenvalue weighted by Crippen LogP contribution is 2.20. The number of aryl methyl sites for hydroxylation is 1. The minimum atomic E-state index is 0.563. The van der Waals surface area contributed by atoms with Gasteiger partial charge in [-0.15, -0.1) is 0 Å². The van der Waals surface area contributed by atoms with Crippen LogP contribution in [-0.2, 0) is 0 Å². The summed E-state index contributed by atoms with van der Waals surface area (Å²) in [4.78, 5) is 4.32. The average molecular weight is 189 g/mol. The van der Waals surface area contributed by atoms with E-state index in [1.54, 1.807) is 0 Å². The van der Waals surface area contributed by atoms with Crippen LogP contribution in [0.15, 0.2) is 23.2 Å². The first-order valence-electron chi connectivity index (χ1n) is 5.26. The summed E-state index contributed by atoms with van der Waals surface area (Å²) in [6, 6.07) is 6.45. The Hall–Kier alpha value is -1.11. The van der Waals surface area contributed by atoms with Crippen LogP contribution >= 0.6 is 0 Å². The number of benzene rings is 1. The Morgan fingerprint density at radius 1 is 1.36 bits per heavy atom. The van der Waals surface area contributed by atoms with Gasteiger partial charge < -0.3 is 0 Å². The lowest BCUT2D eigenvalue weighted by Gasteiger charge is -2.11. The number of hydrogen-bond donors (Lipinski definition) is 0. The van der Waals surface area contributed by atoms with Crippen molar-refractivity contribution in [1.29, 1.82) is 0 Å². The number of nitrogens with zero attached hydrogens (tertiary/aromatic N) is 1. The van der Waals surface area contributed by atoms with Crippen molar-refractivity contribution in [3.8, 4) is 0 Å². The molecule has 76 valence electrons. The van der Waals surface area contributed by atoms with Crippen LogP contribution in [0.1, 0.15) is 43.4 Å². The predicted octanol–water partition coefficient (Wildman–Crippen LogP) is 3.56. The molecule has 0 saturated heterocycles. The van der Waals surface area contributed by atoms with E-state index < -0.39 is 0 Å². The van der Waals surface area contributed by atoms with Crippen LogP contribution in [0.4, 0.5) is 0 Å². The van der Waals surface area contributed by atoms with E-state index in [1.165, 1.54) is 16.7 Å². The van der Waals surface area contributed by atoms with E-state index >= 15 is 0 Å². The van der Waals surface area contributed by atoms with Gasteiger partial charge in [0.25, 0.3) is 0 Å². The molecule has 0 radical (unpaired) electrons. The molecule has 0 saturated carbocycles. The van der Waals surface area contributed by atoms with Gasteiger partial charge in [0.1, 0.15) is 0 Å². The van der Waals surface area contributed by atoms with Crippen molar-refractivity contribution < 1.29 is 0 Å². The van der Waals surface area contributed by atoms with Gasteiger partial charge in [0.05, 0.1) is 0 Å². The summed E-state index contributed by atoms with van der Waals surface area (Å²) in [5.41, 5.74) is 4.00. The first-order chi connectivity index (χ1) is 6.66. The molecule has 0 heterocycles. The molecular weight excluding hydrogens is 170 g/mol. The molecule has 0 amide bonds.